The average Bonchev–Trinajstić information content (AvgIpc) is 2.93. The van der Waals surface area contributed by atoms with Crippen molar-refractivity contribution in [2.75, 3.05) is 13.1 Å². The SMILES string of the molecule is CC(C)(C)[Si](C)(C)O[C@H]1CN(Cc2ccccc2)C[C@@H]1OC(=O)CCC(=O)O. The molecule has 6 nitrogen and oxygen atoms in total. The predicted molar refractivity (Wildman–Crippen MR) is 111 cm³/mol. The van der Waals surface area contributed by atoms with Crippen molar-refractivity contribution in [2.45, 2.75) is 70.5 Å². The number of carboxylic acid groups (broad SMARTS) is 1. The number of ether oxygens (including phenoxy) is 1. The molecule has 0 amide bonds. The van der Waals surface area contributed by atoms with Gasteiger partial charge in [0.1, 0.15) is 6.10 Å². The van der Waals surface area contributed by atoms with E-state index < -0.39 is 20.3 Å². The molecule has 1 N–H and O–H groups in total. The highest BCUT2D eigenvalue weighted by molar-refractivity contribution is 6.74. The van der Waals surface area contributed by atoms with E-state index in [1.807, 2.05) is 18.2 Å². The van der Waals surface area contributed by atoms with E-state index in [4.69, 9.17) is 14.3 Å². The highest BCUT2D eigenvalue weighted by atomic mass is 28.4. The van der Waals surface area contributed by atoms with Crippen LogP contribution >= 0.6 is 0 Å². The van der Waals surface area contributed by atoms with Gasteiger partial charge >= 0.3 is 11.9 Å². The van der Waals surface area contributed by atoms with Crippen LogP contribution in [-0.2, 0) is 25.3 Å². The number of aliphatic carboxylic acids is 1. The van der Waals surface area contributed by atoms with Crippen LogP contribution in [0.2, 0.25) is 18.1 Å². The van der Waals surface area contributed by atoms with Crippen molar-refractivity contribution >= 4 is 20.3 Å². The third-order valence-electron chi connectivity index (χ3n) is 5.62. The Morgan fingerprint density at radius 2 is 1.71 bits per heavy atom. The third-order valence-corrected chi connectivity index (χ3v) is 10.1. The molecule has 0 saturated carbocycles. The molecule has 1 aromatic carbocycles. The Bertz CT molecular complexity index is 671. The standard InChI is InChI=1S/C21H33NO5Si/c1-21(2,3)28(4,5)27-18-15-22(13-16-9-7-6-8-10-16)14-17(18)26-20(25)12-11-19(23)24/h6-10,17-18H,11-15H2,1-5H3,(H,23,24)/t17-,18-/m0/s1. The van der Waals surface area contributed by atoms with E-state index in [1.165, 1.54) is 5.56 Å². The second kappa shape index (κ2) is 9.20. The molecule has 0 aliphatic carbocycles. The van der Waals surface area contributed by atoms with Gasteiger partial charge in [0.25, 0.3) is 0 Å². The van der Waals surface area contributed by atoms with E-state index in [-0.39, 0.29) is 30.1 Å². The molecule has 1 fully saturated rings. The highest BCUT2D eigenvalue weighted by Crippen LogP contribution is 2.38. The van der Waals surface area contributed by atoms with Gasteiger partial charge in [-0.3, -0.25) is 14.5 Å². The summed E-state index contributed by atoms with van der Waals surface area (Å²) in [6, 6.07) is 10.2. The summed E-state index contributed by atoms with van der Waals surface area (Å²) < 4.78 is 12.2. The monoisotopic (exact) mass is 407 g/mol. The van der Waals surface area contributed by atoms with Gasteiger partial charge in [-0.1, -0.05) is 51.1 Å². The van der Waals surface area contributed by atoms with Gasteiger partial charge in [-0.15, -0.1) is 0 Å². The molecule has 28 heavy (non-hydrogen) atoms. The number of likely N-dealkylation sites (tertiary alicyclic amines) is 1. The molecule has 7 heteroatoms. The molecule has 0 radical (unpaired) electrons. The molecule has 1 heterocycles. The molecule has 1 aliphatic rings. The minimum Gasteiger partial charge on any atom is -0.481 e. The number of carbonyl (C=O) groups is 2. The second-order valence-corrected chi connectivity index (χ2v) is 13.8. The summed E-state index contributed by atoms with van der Waals surface area (Å²) in [5.74, 6) is -1.47. The summed E-state index contributed by atoms with van der Waals surface area (Å²) in [7, 11) is -2.03. The van der Waals surface area contributed by atoms with Crippen LogP contribution < -0.4 is 0 Å². The number of hydrogen-bond donors (Lipinski definition) is 1. The first-order chi connectivity index (χ1) is 13.0. The first-order valence-corrected chi connectivity index (χ1v) is 12.7. The number of esters is 1. The van der Waals surface area contributed by atoms with E-state index in [1.54, 1.807) is 0 Å². The lowest BCUT2D eigenvalue weighted by molar-refractivity contribution is -0.154. The van der Waals surface area contributed by atoms with Crippen molar-refractivity contribution in [2.24, 2.45) is 0 Å². The highest BCUT2D eigenvalue weighted by Gasteiger charge is 2.44. The third kappa shape index (κ3) is 6.43. The average molecular weight is 408 g/mol. The van der Waals surface area contributed by atoms with E-state index in [0.717, 1.165) is 6.54 Å². The molecule has 1 saturated heterocycles. The second-order valence-electron chi connectivity index (χ2n) is 9.02. The number of nitrogens with zero attached hydrogens (tertiary/aromatic N) is 1. The fourth-order valence-corrected chi connectivity index (χ4v) is 4.34. The number of benzene rings is 1. The topological polar surface area (TPSA) is 76.1 Å². The van der Waals surface area contributed by atoms with Gasteiger partial charge in [0.05, 0.1) is 18.9 Å². The van der Waals surface area contributed by atoms with Crippen molar-refractivity contribution in [1.29, 1.82) is 0 Å². The smallest absolute Gasteiger partial charge is 0.306 e. The van der Waals surface area contributed by atoms with Gasteiger partial charge < -0.3 is 14.3 Å². The van der Waals surface area contributed by atoms with Crippen LogP contribution in [0.3, 0.4) is 0 Å². The van der Waals surface area contributed by atoms with E-state index in [0.29, 0.717) is 13.1 Å². The van der Waals surface area contributed by atoms with Crippen LogP contribution in [0.4, 0.5) is 0 Å². The first kappa shape index (κ1) is 22.6. The molecule has 1 aliphatic heterocycles. The Morgan fingerprint density at radius 3 is 2.29 bits per heavy atom. The summed E-state index contributed by atoms with van der Waals surface area (Å²) in [5.41, 5.74) is 1.20. The zero-order chi connectivity index (χ0) is 20.9. The maximum Gasteiger partial charge on any atom is 0.306 e. The summed E-state index contributed by atoms with van der Waals surface area (Å²) in [6.07, 6.45) is -0.901. The molecular formula is C21H33NO5Si. The normalized spacial score (nSPS) is 20.9. The lowest BCUT2D eigenvalue weighted by atomic mass is 10.2. The summed E-state index contributed by atoms with van der Waals surface area (Å²) in [6.45, 7) is 13.0. The molecule has 0 unspecified atom stereocenters. The lowest BCUT2D eigenvalue weighted by Crippen LogP contribution is -2.47. The molecule has 0 aromatic heterocycles. The molecule has 2 rings (SSSR count). The van der Waals surface area contributed by atoms with Gasteiger partial charge in [0.15, 0.2) is 8.32 Å². The fraction of sp³-hybridized carbons (Fsp3) is 0.619. The van der Waals surface area contributed by atoms with Crippen LogP contribution in [0, 0.1) is 0 Å². The Balaban J connectivity index is 2.08. The minimum absolute atomic E-state index is 0.0533. The maximum atomic E-state index is 12.1. The van der Waals surface area contributed by atoms with Gasteiger partial charge in [0, 0.05) is 19.6 Å². The zero-order valence-electron chi connectivity index (χ0n) is 17.6. The fourth-order valence-electron chi connectivity index (χ4n) is 3.01. The molecule has 1 aromatic rings. The summed E-state index contributed by atoms with van der Waals surface area (Å²) in [4.78, 5) is 25.1. The molecule has 156 valence electrons. The minimum atomic E-state index is -2.03. The van der Waals surface area contributed by atoms with Gasteiger partial charge in [-0.05, 0) is 23.7 Å². The number of rotatable bonds is 8. The van der Waals surface area contributed by atoms with Gasteiger partial charge in [-0.2, -0.15) is 0 Å². The summed E-state index contributed by atoms with van der Waals surface area (Å²) >= 11 is 0. The number of carboxylic acids is 1. The Morgan fingerprint density at radius 1 is 1.11 bits per heavy atom. The van der Waals surface area contributed by atoms with E-state index in [2.05, 4.69) is 50.9 Å². The van der Waals surface area contributed by atoms with Crippen molar-refractivity contribution in [1.82, 2.24) is 4.90 Å². The predicted octanol–water partition coefficient (Wildman–Crippen LogP) is 3.67. The molecular weight excluding hydrogens is 374 g/mol. The number of hydrogen-bond acceptors (Lipinski definition) is 5. The van der Waals surface area contributed by atoms with Crippen LogP contribution in [0.25, 0.3) is 0 Å². The van der Waals surface area contributed by atoms with Crippen LogP contribution in [0.5, 0.6) is 0 Å². The van der Waals surface area contributed by atoms with E-state index in [9.17, 15) is 9.59 Å². The largest absolute Gasteiger partial charge is 0.481 e. The Labute approximate surface area is 169 Å². The molecule has 0 bridgehead atoms. The van der Waals surface area contributed by atoms with E-state index >= 15 is 0 Å². The van der Waals surface area contributed by atoms with Crippen molar-refractivity contribution < 1.29 is 23.9 Å². The Kier molecular flexibility index (Phi) is 7.42. The van der Waals surface area contributed by atoms with Crippen LogP contribution in [0.1, 0.15) is 39.2 Å². The van der Waals surface area contributed by atoms with Crippen LogP contribution in [0.15, 0.2) is 30.3 Å². The van der Waals surface area contributed by atoms with Crippen molar-refractivity contribution in [3.63, 3.8) is 0 Å². The number of carbonyl (C=O) groups excluding carboxylic acids is 1. The van der Waals surface area contributed by atoms with Gasteiger partial charge in [0.2, 0.25) is 0 Å². The molecule has 0 spiro atoms. The zero-order valence-corrected chi connectivity index (χ0v) is 18.6. The lowest BCUT2D eigenvalue weighted by Gasteiger charge is -2.39. The first-order valence-electron chi connectivity index (χ1n) is 9.83. The maximum absolute atomic E-state index is 12.1. The summed E-state index contributed by atoms with van der Waals surface area (Å²) in [5, 5.41) is 8.84. The van der Waals surface area contributed by atoms with Crippen molar-refractivity contribution in [3.05, 3.63) is 35.9 Å². The molecule has 2 atom stereocenters. The Hall–Kier alpha value is -1.70. The quantitative estimate of drug-likeness (QED) is 0.523. The van der Waals surface area contributed by atoms with Crippen LogP contribution in [-0.4, -0.2) is 55.6 Å². The van der Waals surface area contributed by atoms with Crippen molar-refractivity contribution in [3.8, 4) is 0 Å². The van der Waals surface area contributed by atoms with Gasteiger partial charge in [-0.25, -0.2) is 0 Å².